The molecule has 1 aliphatic rings. The molecule has 2 aromatic carbocycles. The average Bonchev–Trinajstić information content (AvgIpc) is 2.70. The van der Waals surface area contributed by atoms with Crippen molar-refractivity contribution >= 4 is 45.9 Å². The summed E-state index contributed by atoms with van der Waals surface area (Å²) < 4.78 is 14.4. The Morgan fingerprint density at radius 1 is 1.07 bits per heavy atom. The van der Waals surface area contributed by atoms with Crippen molar-refractivity contribution in [3.63, 3.8) is 0 Å². The minimum Gasteiger partial charge on any atom is -0.481 e. The number of nitrogens with zero attached hydrogens (tertiary/aromatic N) is 3. The van der Waals surface area contributed by atoms with Crippen LogP contribution < -0.4 is 4.90 Å². The van der Waals surface area contributed by atoms with E-state index < -0.39 is 5.97 Å². The summed E-state index contributed by atoms with van der Waals surface area (Å²) >= 11 is 12.2. The molecule has 1 aliphatic heterocycles. The summed E-state index contributed by atoms with van der Waals surface area (Å²) in [5.74, 6) is -0.398. The molecule has 0 unspecified atom stereocenters. The first-order valence-electron chi connectivity index (χ1n) is 9.21. The van der Waals surface area contributed by atoms with Gasteiger partial charge in [0.15, 0.2) is 0 Å². The minimum atomic E-state index is -0.833. The van der Waals surface area contributed by atoms with Crippen LogP contribution in [0.1, 0.15) is 26.2 Å². The molecule has 0 amide bonds. The summed E-state index contributed by atoms with van der Waals surface area (Å²) in [5.41, 5.74) is 2.06. The van der Waals surface area contributed by atoms with E-state index in [1.54, 1.807) is 18.2 Å². The molecule has 1 aromatic heterocycles. The van der Waals surface area contributed by atoms with Crippen molar-refractivity contribution in [2.75, 3.05) is 18.0 Å². The highest BCUT2D eigenvalue weighted by Crippen LogP contribution is 2.37. The third-order valence-corrected chi connectivity index (χ3v) is 5.34. The molecule has 0 bridgehead atoms. The van der Waals surface area contributed by atoms with E-state index in [2.05, 4.69) is 14.9 Å². The zero-order chi connectivity index (χ0) is 21.0. The van der Waals surface area contributed by atoms with Gasteiger partial charge in [-0.05, 0) is 48.6 Å². The van der Waals surface area contributed by atoms with E-state index in [9.17, 15) is 4.39 Å². The number of benzene rings is 2. The predicted molar refractivity (Wildman–Crippen MR) is 114 cm³/mol. The zero-order valence-electron chi connectivity index (χ0n) is 15.8. The van der Waals surface area contributed by atoms with Crippen molar-refractivity contribution < 1.29 is 14.3 Å². The molecule has 0 radical (unpaired) electrons. The van der Waals surface area contributed by atoms with Crippen LogP contribution in [0.25, 0.3) is 22.0 Å². The quantitative estimate of drug-likeness (QED) is 0.548. The van der Waals surface area contributed by atoms with Crippen LogP contribution in [0.15, 0.2) is 36.7 Å². The van der Waals surface area contributed by atoms with Gasteiger partial charge in [0.05, 0.1) is 15.4 Å². The molecule has 152 valence electrons. The maximum Gasteiger partial charge on any atom is 0.300 e. The summed E-state index contributed by atoms with van der Waals surface area (Å²) in [5, 5.41) is 9.10. The number of carboxylic acid groups (broad SMARTS) is 1. The summed E-state index contributed by atoms with van der Waals surface area (Å²) in [6.07, 6.45) is 4.88. The van der Waals surface area contributed by atoms with Gasteiger partial charge in [-0.15, -0.1) is 0 Å². The molecule has 1 saturated heterocycles. The largest absolute Gasteiger partial charge is 0.481 e. The molecule has 1 N–H and O–H groups in total. The molecular formula is C21H20Cl2FN3O2. The highest BCUT2D eigenvalue weighted by Gasteiger charge is 2.20. The Bertz CT molecular complexity index is 1040. The van der Waals surface area contributed by atoms with Gasteiger partial charge in [-0.3, -0.25) is 4.79 Å². The van der Waals surface area contributed by atoms with Gasteiger partial charge in [-0.25, -0.2) is 14.4 Å². The Hall–Kier alpha value is -2.44. The van der Waals surface area contributed by atoms with Crippen molar-refractivity contribution in [1.29, 1.82) is 0 Å². The lowest BCUT2D eigenvalue weighted by Gasteiger charge is -2.29. The second-order valence-corrected chi connectivity index (χ2v) is 7.53. The second-order valence-electron chi connectivity index (χ2n) is 6.71. The molecule has 3 aromatic rings. The van der Waals surface area contributed by atoms with E-state index in [1.165, 1.54) is 18.8 Å². The number of rotatable bonds is 2. The van der Waals surface area contributed by atoms with E-state index in [4.69, 9.17) is 33.1 Å². The summed E-state index contributed by atoms with van der Waals surface area (Å²) in [6.45, 7) is 2.92. The van der Waals surface area contributed by atoms with Crippen molar-refractivity contribution in [2.24, 2.45) is 0 Å². The first-order valence-corrected chi connectivity index (χ1v) is 9.97. The molecular weight excluding hydrogens is 416 g/mol. The van der Waals surface area contributed by atoms with Gasteiger partial charge in [0.2, 0.25) is 0 Å². The topological polar surface area (TPSA) is 66.3 Å². The lowest BCUT2D eigenvalue weighted by molar-refractivity contribution is -0.134. The third kappa shape index (κ3) is 4.95. The molecule has 2 heterocycles. The first-order chi connectivity index (χ1) is 13.9. The lowest BCUT2D eigenvalue weighted by atomic mass is 9.99. The number of hydrogen-bond donors (Lipinski definition) is 1. The van der Waals surface area contributed by atoms with Gasteiger partial charge in [-0.2, -0.15) is 0 Å². The Balaban J connectivity index is 0.000000552. The number of halogens is 3. The van der Waals surface area contributed by atoms with Crippen LogP contribution in [0.3, 0.4) is 0 Å². The number of carbonyl (C=O) groups is 1. The van der Waals surface area contributed by atoms with Crippen LogP contribution in [-0.4, -0.2) is 34.1 Å². The molecule has 0 aliphatic carbocycles. The fourth-order valence-corrected chi connectivity index (χ4v) is 3.67. The number of aliphatic carboxylic acids is 1. The van der Waals surface area contributed by atoms with E-state index in [0.717, 1.165) is 55.2 Å². The second kappa shape index (κ2) is 9.37. The van der Waals surface area contributed by atoms with Crippen molar-refractivity contribution in [1.82, 2.24) is 9.97 Å². The molecule has 29 heavy (non-hydrogen) atoms. The Labute approximate surface area is 178 Å². The van der Waals surface area contributed by atoms with E-state index in [1.807, 2.05) is 6.07 Å². The van der Waals surface area contributed by atoms with Gasteiger partial charge in [0, 0.05) is 20.0 Å². The third-order valence-electron chi connectivity index (χ3n) is 4.61. The van der Waals surface area contributed by atoms with Crippen LogP contribution in [0, 0.1) is 5.82 Å². The normalized spacial score (nSPS) is 13.7. The van der Waals surface area contributed by atoms with Gasteiger partial charge in [0.25, 0.3) is 5.97 Å². The molecule has 0 atom stereocenters. The monoisotopic (exact) mass is 435 g/mol. The van der Waals surface area contributed by atoms with Crippen molar-refractivity contribution in [2.45, 2.75) is 26.2 Å². The van der Waals surface area contributed by atoms with Gasteiger partial charge in [-0.1, -0.05) is 35.3 Å². The number of aromatic nitrogens is 2. The van der Waals surface area contributed by atoms with E-state index >= 15 is 0 Å². The van der Waals surface area contributed by atoms with Gasteiger partial charge in [0.1, 0.15) is 23.5 Å². The molecule has 4 rings (SSSR count). The zero-order valence-corrected chi connectivity index (χ0v) is 17.3. The van der Waals surface area contributed by atoms with Crippen molar-refractivity contribution in [3.8, 4) is 11.1 Å². The van der Waals surface area contributed by atoms with Crippen LogP contribution in [0.4, 0.5) is 10.2 Å². The standard InChI is InChI=1S/C19H16Cl2FN3.C2H4O2/c20-14-6-4-12(10-15(14)21)13-5-7-16(22)18-17(13)19(24-11-23-18)25-8-2-1-3-9-25;1-2(3)4/h4-7,10-11H,1-3,8-9H2;1H3,(H,3,4). The fourth-order valence-electron chi connectivity index (χ4n) is 3.37. The van der Waals surface area contributed by atoms with Gasteiger partial charge >= 0.3 is 0 Å². The highest BCUT2D eigenvalue weighted by molar-refractivity contribution is 6.42. The lowest BCUT2D eigenvalue weighted by Crippen LogP contribution is -2.30. The highest BCUT2D eigenvalue weighted by atomic mass is 35.5. The number of carboxylic acids is 1. The van der Waals surface area contributed by atoms with Crippen LogP contribution in [0.2, 0.25) is 10.0 Å². The maximum atomic E-state index is 14.4. The summed E-state index contributed by atoms with van der Waals surface area (Å²) in [7, 11) is 0. The number of hydrogen-bond acceptors (Lipinski definition) is 4. The van der Waals surface area contributed by atoms with Crippen LogP contribution in [-0.2, 0) is 4.79 Å². The molecule has 5 nitrogen and oxygen atoms in total. The fraction of sp³-hybridized carbons (Fsp3) is 0.286. The Kier molecular flexibility index (Phi) is 6.87. The minimum absolute atomic E-state index is 0.333. The van der Waals surface area contributed by atoms with Crippen LogP contribution >= 0.6 is 23.2 Å². The van der Waals surface area contributed by atoms with Gasteiger partial charge < -0.3 is 10.0 Å². The van der Waals surface area contributed by atoms with Crippen molar-refractivity contribution in [3.05, 3.63) is 52.5 Å². The molecule has 1 fully saturated rings. The maximum absolute atomic E-state index is 14.4. The number of fused-ring (bicyclic) bond motifs is 1. The van der Waals surface area contributed by atoms with Crippen LogP contribution in [0.5, 0.6) is 0 Å². The predicted octanol–water partition coefficient (Wildman–Crippen LogP) is 5.82. The SMILES string of the molecule is CC(=O)O.Fc1ccc(-c2ccc(Cl)c(Cl)c2)c2c(N3CCCCC3)ncnc12. The Morgan fingerprint density at radius 2 is 1.76 bits per heavy atom. The van der Waals surface area contributed by atoms with E-state index in [-0.39, 0.29) is 5.82 Å². The molecule has 0 saturated carbocycles. The average molecular weight is 436 g/mol. The molecule has 8 heteroatoms. The number of anilines is 1. The smallest absolute Gasteiger partial charge is 0.300 e. The molecule has 0 spiro atoms. The number of piperidine rings is 1. The summed E-state index contributed by atoms with van der Waals surface area (Å²) in [4.78, 5) is 19.9. The first kappa shape index (κ1) is 21.3. The Morgan fingerprint density at radius 3 is 2.41 bits per heavy atom. The van der Waals surface area contributed by atoms with E-state index in [0.29, 0.717) is 15.6 Å². The summed E-state index contributed by atoms with van der Waals surface area (Å²) in [6, 6.07) is 8.62.